The fraction of sp³-hybridized carbons (Fsp3) is 0.433. The minimum absolute atomic E-state index is 0.00902. The zero-order valence-corrected chi connectivity index (χ0v) is 24.2. The number of carboxylic acids is 1. The molecule has 2 N–H and O–H groups in total. The van der Waals surface area contributed by atoms with Crippen molar-refractivity contribution in [2.45, 2.75) is 69.7 Å². The number of hydrogen-bond acceptors (Lipinski definition) is 6. The van der Waals surface area contributed by atoms with Gasteiger partial charge in [0.25, 0.3) is 0 Å². The molecule has 2 bridgehead atoms. The Labute approximate surface area is 247 Å². The fourth-order valence-electron chi connectivity index (χ4n) is 6.29. The Hall–Kier alpha value is -3.27. The Bertz CT molecular complexity index is 1470. The van der Waals surface area contributed by atoms with E-state index in [-0.39, 0.29) is 29.8 Å². The van der Waals surface area contributed by atoms with Crippen LogP contribution in [0.2, 0.25) is 10.0 Å². The second-order valence-corrected chi connectivity index (χ2v) is 12.0. The molecule has 0 radical (unpaired) electrons. The Kier molecular flexibility index (Phi) is 7.61. The lowest BCUT2D eigenvalue weighted by Crippen LogP contribution is -2.51. The van der Waals surface area contributed by atoms with Crippen LogP contribution in [0.3, 0.4) is 0 Å². The summed E-state index contributed by atoms with van der Waals surface area (Å²) in [7, 11) is 1.48. The van der Waals surface area contributed by atoms with Gasteiger partial charge in [0.15, 0.2) is 0 Å². The van der Waals surface area contributed by atoms with Gasteiger partial charge < -0.3 is 29.3 Å². The molecule has 216 valence electrons. The minimum atomic E-state index is -1.08. The molecule has 3 heterocycles. The lowest BCUT2D eigenvalue weighted by atomic mass is 9.97. The van der Waals surface area contributed by atoms with Crippen LogP contribution in [0.4, 0.5) is 10.5 Å². The van der Waals surface area contributed by atoms with Crippen molar-refractivity contribution in [3.8, 4) is 17.0 Å². The van der Waals surface area contributed by atoms with Crippen molar-refractivity contribution in [1.29, 1.82) is 0 Å². The second-order valence-electron chi connectivity index (χ2n) is 11.1. The van der Waals surface area contributed by atoms with Crippen LogP contribution in [-0.4, -0.2) is 52.5 Å². The van der Waals surface area contributed by atoms with Gasteiger partial charge in [-0.25, -0.2) is 9.59 Å². The maximum absolute atomic E-state index is 13.5. The summed E-state index contributed by atoms with van der Waals surface area (Å²) in [6.07, 6.45) is 4.28. The molecule has 2 unspecified atom stereocenters. The number of carboxylic acid groups (broad SMARTS) is 1. The molecule has 6 rings (SSSR count). The first-order chi connectivity index (χ1) is 19.7. The molecule has 4 atom stereocenters. The van der Waals surface area contributed by atoms with Crippen molar-refractivity contribution in [1.82, 2.24) is 10.1 Å². The molecular weight excluding hydrogens is 569 g/mol. The van der Waals surface area contributed by atoms with E-state index in [1.165, 1.54) is 19.2 Å². The molecule has 3 fully saturated rings. The number of nitrogens with one attached hydrogen (secondary N) is 1. The maximum atomic E-state index is 13.5. The van der Waals surface area contributed by atoms with Crippen LogP contribution >= 0.6 is 23.2 Å². The van der Waals surface area contributed by atoms with Gasteiger partial charge in [-0.15, -0.1) is 0 Å². The van der Waals surface area contributed by atoms with Gasteiger partial charge in [0.1, 0.15) is 17.2 Å². The highest BCUT2D eigenvalue weighted by Crippen LogP contribution is 2.47. The summed E-state index contributed by atoms with van der Waals surface area (Å²) < 4.78 is 17.7. The first-order valence-electron chi connectivity index (χ1n) is 13.8. The number of piperidine rings is 1. The number of halogens is 2. The number of ether oxygens (including phenoxy) is 2. The van der Waals surface area contributed by atoms with E-state index in [0.717, 1.165) is 30.6 Å². The zero-order valence-electron chi connectivity index (χ0n) is 22.7. The molecule has 1 aliphatic carbocycles. The highest BCUT2D eigenvalue weighted by Gasteiger charge is 2.48. The Balaban J connectivity index is 1.18. The number of hydrogen-bond donors (Lipinski definition) is 2. The summed E-state index contributed by atoms with van der Waals surface area (Å²) in [6, 6.07) is 9.47. The van der Waals surface area contributed by atoms with Crippen LogP contribution in [0.25, 0.3) is 11.3 Å². The number of nitrogens with zero attached hydrogens (tertiary/aromatic N) is 2. The van der Waals surface area contributed by atoms with E-state index in [1.54, 1.807) is 24.3 Å². The first-order valence-corrected chi connectivity index (χ1v) is 14.6. The molecule has 2 amide bonds. The maximum Gasteiger partial charge on any atom is 0.335 e. The van der Waals surface area contributed by atoms with Gasteiger partial charge in [0, 0.05) is 29.1 Å². The van der Waals surface area contributed by atoms with Crippen molar-refractivity contribution in [3.63, 3.8) is 0 Å². The topological polar surface area (TPSA) is 114 Å². The number of benzene rings is 2. The highest BCUT2D eigenvalue weighted by atomic mass is 35.5. The Morgan fingerprint density at radius 3 is 2.56 bits per heavy atom. The molecule has 0 spiro atoms. The van der Waals surface area contributed by atoms with Gasteiger partial charge in [0.05, 0.1) is 41.1 Å². The van der Waals surface area contributed by atoms with E-state index in [0.29, 0.717) is 64.0 Å². The van der Waals surface area contributed by atoms with E-state index >= 15 is 0 Å². The second kappa shape index (κ2) is 11.2. The Morgan fingerprint density at radius 2 is 1.90 bits per heavy atom. The quantitative estimate of drug-likeness (QED) is 0.281. The zero-order chi connectivity index (χ0) is 28.8. The van der Waals surface area contributed by atoms with Crippen LogP contribution in [-0.2, 0) is 11.3 Å². The van der Waals surface area contributed by atoms with Crippen molar-refractivity contribution >= 4 is 40.9 Å². The Morgan fingerprint density at radius 1 is 1.15 bits per heavy atom. The van der Waals surface area contributed by atoms with E-state index < -0.39 is 5.97 Å². The van der Waals surface area contributed by atoms with Crippen LogP contribution in [0.5, 0.6) is 5.75 Å². The number of fused-ring (bicyclic) bond motifs is 2. The van der Waals surface area contributed by atoms with Crippen molar-refractivity contribution in [2.75, 3.05) is 12.4 Å². The standard InChI is InChI=1S/C30H31Cl2N3O6/c1-15-10-18-12-19(13-24(15)35(18)30(38)33-23-11-17(29(36)37)8-9-25(23)39-2)40-14-20-27(34-41-28(20)16-6-7-16)26-21(31)4-3-5-22(26)32/h3-5,8-9,11,15-16,18-19,24H,6-7,10,12-14H2,1-2H3,(H,33,38)(H,36,37)/t15-,18?,19+,24?/m1/s1. The van der Waals surface area contributed by atoms with Gasteiger partial charge in [0.2, 0.25) is 0 Å². The largest absolute Gasteiger partial charge is 0.495 e. The van der Waals surface area contributed by atoms with Gasteiger partial charge in [-0.1, -0.05) is 41.3 Å². The number of amides is 2. The molecule has 11 heteroatoms. The molecule has 1 saturated carbocycles. The SMILES string of the molecule is COc1ccc(C(=O)O)cc1NC(=O)N1C2C[C@H](OCc3c(-c4c(Cl)cccc4Cl)noc3C3CC3)CC1[C@H](C)C2. The number of methoxy groups -OCH3 is 1. The van der Waals surface area contributed by atoms with E-state index in [9.17, 15) is 14.7 Å². The molecular formula is C30H31Cl2N3O6. The average molecular weight is 600 g/mol. The van der Waals surface area contributed by atoms with Crippen LogP contribution in [0, 0.1) is 5.92 Å². The van der Waals surface area contributed by atoms with Gasteiger partial charge in [-0.3, -0.25) is 0 Å². The predicted molar refractivity (Wildman–Crippen MR) is 154 cm³/mol. The summed E-state index contributed by atoms with van der Waals surface area (Å²) in [5, 5.41) is 17.7. The average Bonchev–Trinajstić information content (AvgIpc) is 3.66. The monoisotopic (exact) mass is 599 g/mol. The molecule has 3 aliphatic rings. The normalized spacial score (nSPS) is 23.5. The summed E-state index contributed by atoms with van der Waals surface area (Å²) >= 11 is 13.0. The third-order valence-corrected chi connectivity index (χ3v) is 9.07. The van der Waals surface area contributed by atoms with Gasteiger partial charge in [-0.2, -0.15) is 0 Å². The number of carbonyl (C=O) groups is 2. The van der Waals surface area contributed by atoms with E-state index in [2.05, 4.69) is 17.4 Å². The molecule has 1 aromatic heterocycles. The number of aromatic carboxylic acids is 1. The fourth-order valence-corrected chi connectivity index (χ4v) is 6.87. The number of aromatic nitrogens is 1. The van der Waals surface area contributed by atoms with Crippen molar-refractivity contribution < 1.29 is 28.7 Å². The molecule has 2 aromatic carbocycles. The molecule has 2 aliphatic heterocycles. The number of anilines is 1. The van der Waals surface area contributed by atoms with Crippen molar-refractivity contribution in [2.24, 2.45) is 5.92 Å². The van der Waals surface area contributed by atoms with Gasteiger partial charge in [-0.05, 0) is 68.4 Å². The lowest BCUT2D eigenvalue weighted by Gasteiger charge is -2.39. The summed E-state index contributed by atoms with van der Waals surface area (Å²) in [5.41, 5.74) is 2.55. The smallest absolute Gasteiger partial charge is 0.335 e. The summed E-state index contributed by atoms with van der Waals surface area (Å²) in [6.45, 7) is 2.47. The van der Waals surface area contributed by atoms with Crippen LogP contribution < -0.4 is 10.1 Å². The first kappa shape index (κ1) is 27.9. The van der Waals surface area contributed by atoms with Gasteiger partial charge >= 0.3 is 12.0 Å². The number of urea groups is 1. The molecule has 3 aromatic rings. The van der Waals surface area contributed by atoms with Crippen LogP contribution in [0.1, 0.15) is 66.6 Å². The third-order valence-electron chi connectivity index (χ3n) is 8.44. The molecule has 2 saturated heterocycles. The summed E-state index contributed by atoms with van der Waals surface area (Å²) in [4.78, 5) is 26.9. The summed E-state index contributed by atoms with van der Waals surface area (Å²) in [5.74, 6) is 0.780. The highest BCUT2D eigenvalue weighted by molar-refractivity contribution is 6.39. The third kappa shape index (κ3) is 5.38. The number of carbonyl (C=O) groups excluding carboxylic acids is 1. The van der Waals surface area contributed by atoms with Crippen LogP contribution in [0.15, 0.2) is 40.9 Å². The van der Waals surface area contributed by atoms with Crippen molar-refractivity contribution in [3.05, 3.63) is 63.3 Å². The van der Waals surface area contributed by atoms with E-state index in [4.69, 9.17) is 37.2 Å². The predicted octanol–water partition coefficient (Wildman–Crippen LogP) is 7.22. The lowest BCUT2D eigenvalue weighted by molar-refractivity contribution is -0.0181. The molecule has 41 heavy (non-hydrogen) atoms. The van der Waals surface area contributed by atoms with E-state index in [1.807, 2.05) is 4.90 Å². The molecule has 9 nitrogen and oxygen atoms in total. The number of rotatable bonds is 8. The minimum Gasteiger partial charge on any atom is -0.495 e.